The van der Waals surface area contributed by atoms with Gasteiger partial charge >= 0.3 is 0 Å². The third-order valence-electron chi connectivity index (χ3n) is 7.34. The van der Waals surface area contributed by atoms with Crippen LogP contribution in [0.2, 0.25) is 0 Å². The summed E-state index contributed by atoms with van der Waals surface area (Å²) in [4.78, 5) is 16.1. The third-order valence-corrected chi connectivity index (χ3v) is 8.86. The lowest BCUT2D eigenvalue weighted by Crippen LogP contribution is -2.39. The second kappa shape index (κ2) is 14.2. The van der Waals surface area contributed by atoms with Crippen molar-refractivity contribution in [2.24, 2.45) is 0 Å². The van der Waals surface area contributed by atoms with E-state index in [4.69, 9.17) is 4.74 Å². The summed E-state index contributed by atoms with van der Waals surface area (Å²) in [7, 11) is -4.59. The van der Waals surface area contributed by atoms with E-state index < -0.39 is 20.8 Å². The molecule has 9 nitrogen and oxygen atoms in total. The van der Waals surface area contributed by atoms with Gasteiger partial charge in [-0.15, -0.1) is 0 Å². The van der Waals surface area contributed by atoms with Gasteiger partial charge in [-0.3, -0.25) is 18.6 Å². The van der Waals surface area contributed by atoms with Crippen LogP contribution in [0, 0.1) is 5.82 Å². The third kappa shape index (κ3) is 9.37. The number of nitrogens with one attached hydrogen (secondary N) is 3. The van der Waals surface area contributed by atoms with E-state index in [1.54, 1.807) is 48.7 Å². The van der Waals surface area contributed by atoms with Gasteiger partial charge in [0.05, 0.1) is 11.8 Å². The van der Waals surface area contributed by atoms with E-state index in [1.165, 1.54) is 24.3 Å². The second-order valence-corrected chi connectivity index (χ2v) is 14.1. The first kappa shape index (κ1) is 32.1. The van der Waals surface area contributed by atoms with Crippen molar-refractivity contribution in [1.29, 1.82) is 0 Å². The molecule has 1 amide bonds. The van der Waals surface area contributed by atoms with E-state index in [-0.39, 0.29) is 17.8 Å². The number of anilines is 3. The first-order valence-electron chi connectivity index (χ1n) is 14.4. The van der Waals surface area contributed by atoms with Gasteiger partial charge in [-0.2, -0.15) is 0 Å². The lowest BCUT2D eigenvalue weighted by atomic mass is 10.0. The van der Waals surface area contributed by atoms with Crippen LogP contribution >= 0.6 is 0 Å². The van der Waals surface area contributed by atoms with Crippen LogP contribution in [0.25, 0.3) is 0 Å². The zero-order chi connectivity index (χ0) is 32.0. The fourth-order valence-electron chi connectivity index (χ4n) is 5.07. The van der Waals surface area contributed by atoms with Gasteiger partial charge in [0.15, 0.2) is 0 Å². The van der Waals surface area contributed by atoms with Crippen LogP contribution in [-0.4, -0.2) is 55.1 Å². The summed E-state index contributed by atoms with van der Waals surface area (Å²) in [5.41, 5.74) is 3.15. The van der Waals surface area contributed by atoms with Crippen LogP contribution in [0.3, 0.4) is 0 Å². The summed E-state index contributed by atoms with van der Waals surface area (Å²) in [6, 6.07) is 25.5. The lowest BCUT2D eigenvalue weighted by molar-refractivity contribution is 0.102. The molecule has 1 fully saturated rings. The molecule has 1 heterocycles. The maximum absolute atomic E-state index is 13.3. The molecule has 4 aromatic rings. The fourth-order valence-corrected chi connectivity index (χ4v) is 6.17. The first-order valence-corrected chi connectivity index (χ1v) is 17.8. The van der Waals surface area contributed by atoms with E-state index in [9.17, 15) is 21.8 Å². The van der Waals surface area contributed by atoms with Crippen LogP contribution in [-0.2, 0) is 27.4 Å². The molecular formula is C33H35FN4O5S2. The number of hydrogen-bond acceptors (Lipinski definition) is 7. The SMILES string of the molecule is CS(=O)c1ccc(NC2CCN(Cc3ccc(Oc4ccc(NS(C)(=O)=O)cc4)cc3)CC2)c(C(=O)Nc2ccc(F)cc2)c1. The summed E-state index contributed by atoms with van der Waals surface area (Å²) in [5.74, 6) is 0.539. The number of benzene rings is 4. The number of likely N-dealkylation sites (tertiary alicyclic amines) is 1. The van der Waals surface area contributed by atoms with E-state index in [1.807, 2.05) is 24.3 Å². The maximum atomic E-state index is 13.3. The molecular weight excluding hydrogens is 616 g/mol. The van der Waals surface area contributed by atoms with Gasteiger partial charge in [0, 0.05) is 64.7 Å². The Balaban J connectivity index is 1.14. The van der Waals surface area contributed by atoms with Crippen LogP contribution in [0.4, 0.5) is 21.5 Å². The maximum Gasteiger partial charge on any atom is 0.257 e. The van der Waals surface area contributed by atoms with E-state index in [0.717, 1.165) is 44.3 Å². The van der Waals surface area contributed by atoms with Gasteiger partial charge in [-0.1, -0.05) is 12.1 Å². The van der Waals surface area contributed by atoms with Crippen LogP contribution < -0.4 is 20.1 Å². The van der Waals surface area contributed by atoms with Crippen molar-refractivity contribution in [2.75, 3.05) is 41.0 Å². The fraction of sp³-hybridized carbons (Fsp3) is 0.242. The van der Waals surface area contributed by atoms with Crippen molar-refractivity contribution < 1.29 is 26.5 Å². The van der Waals surface area contributed by atoms with E-state index >= 15 is 0 Å². The summed E-state index contributed by atoms with van der Waals surface area (Å²) in [6.07, 6.45) is 4.44. The van der Waals surface area contributed by atoms with Gasteiger partial charge in [0.2, 0.25) is 10.0 Å². The van der Waals surface area contributed by atoms with E-state index in [0.29, 0.717) is 39.0 Å². The van der Waals surface area contributed by atoms with Gasteiger partial charge in [-0.05, 0) is 97.3 Å². The number of ether oxygens (including phenoxy) is 1. The molecule has 3 N–H and O–H groups in total. The van der Waals surface area contributed by atoms with Gasteiger partial charge in [0.25, 0.3) is 5.91 Å². The zero-order valence-electron chi connectivity index (χ0n) is 25.0. The Kier molecular flexibility index (Phi) is 10.2. The predicted molar refractivity (Wildman–Crippen MR) is 176 cm³/mol. The van der Waals surface area contributed by atoms with Gasteiger partial charge in [-0.25, -0.2) is 12.8 Å². The Morgan fingerprint density at radius 1 is 0.911 bits per heavy atom. The summed E-state index contributed by atoms with van der Waals surface area (Å²) in [5, 5.41) is 6.33. The average molecular weight is 651 g/mol. The quantitative estimate of drug-likeness (QED) is 0.181. The van der Waals surface area contributed by atoms with Crippen LogP contribution in [0.5, 0.6) is 11.5 Å². The molecule has 1 unspecified atom stereocenters. The molecule has 0 aromatic heterocycles. The molecule has 5 rings (SSSR count). The Hall–Kier alpha value is -4.26. The van der Waals surface area contributed by atoms with Crippen molar-refractivity contribution in [3.05, 3.63) is 108 Å². The number of amides is 1. The van der Waals surface area contributed by atoms with Crippen molar-refractivity contribution in [2.45, 2.75) is 30.3 Å². The highest BCUT2D eigenvalue weighted by Crippen LogP contribution is 2.27. The minimum absolute atomic E-state index is 0.159. The number of sulfonamides is 1. The monoisotopic (exact) mass is 650 g/mol. The highest BCUT2D eigenvalue weighted by atomic mass is 32.2. The summed E-state index contributed by atoms with van der Waals surface area (Å²) >= 11 is 0. The Labute approximate surface area is 265 Å². The molecule has 0 radical (unpaired) electrons. The molecule has 0 bridgehead atoms. The first-order chi connectivity index (χ1) is 21.5. The number of carbonyl (C=O) groups is 1. The molecule has 1 aliphatic rings. The summed E-state index contributed by atoms with van der Waals surface area (Å²) in [6.45, 7) is 2.54. The highest BCUT2D eigenvalue weighted by molar-refractivity contribution is 7.92. The molecule has 0 spiro atoms. The number of nitrogens with zero attached hydrogens (tertiary/aromatic N) is 1. The lowest BCUT2D eigenvalue weighted by Gasteiger charge is -2.33. The van der Waals surface area contributed by atoms with Crippen LogP contribution in [0.1, 0.15) is 28.8 Å². The smallest absolute Gasteiger partial charge is 0.257 e. The molecule has 4 aromatic carbocycles. The molecule has 1 atom stereocenters. The number of rotatable bonds is 11. The largest absolute Gasteiger partial charge is 0.457 e. The summed E-state index contributed by atoms with van der Waals surface area (Å²) < 4.78 is 56.6. The normalized spacial score (nSPS) is 14.8. The topological polar surface area (TPSA) is 117 Å². The van der Waals surface area contributed by atoms with Crippen molar-refractivity contribution in [1.82, 2.24) is 4.90 Å². The molecule has 236 valence electrons. The second-order valence-electron chi connectivity index (χ2n) is 11.0. The molecule has 1 aliphatic heterocycles. The minimum Gasteiger partial charge on any atom is -0.457 e. The number of carbonyl (C=O) groups excluding carboxylic acids is 1. The van der Waals surface area contributed by atoms with Crippen molar-refractivity contribution in [3.63, 3.8) is 0 Å². The Bertz CT molecular complexity index is 1760. The molecule has 45 heavy (non-hydrogen) atoms. The van der Waals surface area contributed by atoms with Crippen LogP contribution in [0.15, 0.2) is 95.9 Å². The van der Waals surface area contributed by atoms with Gasteiger partial charge < -0.3 is 15.4 Å². The Morgan fingerprint density at radius 2 is 1.51 bits per heavy atom. The number of halogens is 1. The standard InChI is InChI=1S/C33H35FN4O5S2/c1-44(40)30-15-16-32(31(21-30)33(39)36-25-7-5-24(34)6-8-25)35-26-17-19-38(20-18-26)22-23-3-11-28(12-4-23)43-29-13-9-27(10-14-29)37-45(2,41)42/h3-16,21,26,35,37H,17-20,22H2,1-2H3,(H,36,39). The molecule has 0 aliphatic carbocycles. The Morgan fingerprint density at radius 3 is 2.11 bits per heavy atom. The predicted octanol–water partition coefficient (Wildman–Crippen LogP) is 6.06. The van der Waals surface area contributed by atoms with E-state index in [2.05, 4.69) is 20.3 Å². The number of hydrogen-bond donors (Lipinski definition) is 3. The highest BCUT2D eigenvalue weighted by Gasteiger charge is 2.22. The van der Waals surface area contributed by atoms with Crippen molar-refractivity contribution in [3.8, 4) is 11.5 Å². The van der Waals surface area contributed by atoms with Gasteiger partial charge in [0.1, 0.15) is 17.3 Å². The molecule has 0 saturated carbocycles. The molecule has 12 heteroatoms. The van der Waals surface area contributed by atoms with Crippen molar-refractivity contribution >= 4 is 43.8 Å². The average Bonchev–Trinajstić information content (AvgIpc) is 3.00. The zero-order valence-corrected chi connectivity index (χ0v) is 26.6. The number of piperidine rings is 1. The minimum atomic E-state index is -3.33. The molecule has 1 saturated heterocycles.